The van der Waals surface area contributed by atoms with Crippen LogP contribution in [-0.4, -0.2) is 98.6 Å². The second-order valence-electron chi connectivity index (χ2n) is 14.1. The first kappa shape index (κ1) is 46.2. The van der Waals surface area contributed by atoms with E-state index in [0.717, 1.165) is 43.2 Å². The molecule has 0 atom stereocenters. The number of nitrogens with one attached hydrogen (secondary N) is 1. The molecule has 1 amide bonds. The minimum Gasteiger partial charge on any atom is -0.481 e. The van der Waals surface area contributed by atoms with Gasteiger partial charge in [0.1, 0.15) is 23.2 Å². The van der Waals surface area contributed by atoms with Crippen molar-refractivity contribution in [1.29, 1.82) is 0 Å². The highest BCUT2D eigenvalue weighted by Crippen LogP contribution is 2.38. The average molecular weight is 881 g/mol. The maximum Gasteiger partial charge on any atom is 0.339 e. The second-order valence-corrected chi connectivity index (χ2v) is 18.5. The zero-order valence-electron chi connectivity index (χ0n) is 31.6. The highest BCUT2D eigenvalue weighted by atomic mass is 32.2. The smallest absolute Gasteiger partial charge is 0.339 e. The molecule has 1 aromatic heterocycles. The van der Waals surface area contributed by atoms with Gasteiger partial charge in [0.25, 0.3) is 11.6 Å². The number of nitrogens with zero attached hydrogens (tertiary/aromatic N) is 5. The van der Waals surface area contributed by atoms with E-state index in [1.54, 1.807) is 0 Å². The third-order valence-corrected chi connectivity index (χ3v) is 11.2. The molecule has 1 aliphatic carbocycles. The van der Waals surface area contributed by atoms with Gasteiger partial charge in [-0.3, -0.25) is 48.9 Å². The second kappa shape index (κ2) is 18.6. The molecule has 2 aromatic carbocycles. The van der Waals surface area contributed by atoms with Gasteiger partial charge in [-0.15, -0.1) is 6.42 Å². The van der Waals surface area contributed by atoms with Crippen molar-refractivity contribution < 1.29 is 65.9 Å². The number of carbonyl (C=O) groups is 5. The Kier molecular flexibility index (Phi) is 14.6. The zero-order valence-corrected chi connectivity index (χ0v) is 34.1. The first-order valence-corrected chi connectivity index (χ1v) is 21.7. The third kappa shape index (κ3) is 12.0. The zero-order chi connectivity index (χ0) is 44.0. The number of nitro groups is 1. The quantitative estimate of drug-likeness (QED) is 0.0567. The predicted octanol–water partition coefficient (Wildman–Crippen LogP) is 2.17. The molecule has 4 N–H and O–H groups in total. The number of sulfone groups is 1. The Hall–Kier alpha value is -5.50. The van der Waals surface area contributed by atoms with Gasteiger partial charge in [-0.05, 0) is 30.0 Å². The van der Waals surface area contributed by atoms with Gasteiger partial charge in [0.15, 0.2) is 39.6 Å². The standard InChI is InChI=1S/C18H17FN4O2S.C14H13NO7S.C3H8NO5P/c1-4-5-22-13-7-12(11(19)6-14(13)25-9-16(22)24)20-17-23-10-18(2,3)8-15(23)21-26-17;1-23(21,22)8-5-6-9(10(7-8)15(19)20)14(18)13-11(16)3-2-4-12(13)17;5-3(6)1-4-2-10(7,8)9/h1,6-7H,5,8-10H2,2-3H3;5-7,13H,2-4H2,1H3;4H,1-2H2,(H,5,6)(H2,7,8,9). The monoisotopic (exact) mass is 880 g/mol. The fraction of sp³-hybridized carbons (Fsp3) is 0.400. The molecule has 1 fully saturated rings. The lowest BCUT2D eigenvalue weighted by molar-refractivity contribution is -0.385. The summed E-state index contributed by atoms with van der Waals surface area (Å²) in [5.74, 6) is -1.84. The van der Waals surface area contributed by atoms with Crippen LogP contribution in [0.25, 0.3) is 0 Å². The van der Waals surface area contributed by atoms with E-state index in [0.29, 0.717) is 22.7 Å². The molecule has 0 spiro atoms. The summed E-state index contributed by atoms with van der Waals surface area (Å²) in [7, 11) is -7.79. The summed E-state index contributed by atoms with van der Waals surface area (Å²) in [5, 5.41) is 21.2. The normalized spacial score (nSPS) is 16.4. The number of halogens is 1. The minimum absolute atomic E-state index is 0.0668. The van der Waals surface area contributed by atoms with Crippen molar-refractivity contribution in [3.8, 4) is 18.1 Å². The van der Waals surface area contributed by atoms with E-state index in [1.807, 2.05) is 4.57 Å². The number of amides is 1. The van der Waals surface area contributed by atoms with E-state index in [-0.39, 0.29) is 47.9 Å². The predicted molar refractivity (Wildman–Crippen MR) is 206 cm³/mol. The number of terminal acetylenes is 1. The highest BCUT2D eigenvalue weighted by molar-refractivity contribution is 7.90. The van der Waals surface area contributed by atoms with Crippen LogP contribution < -0.4 is 19.8 Å². The molecular weight excluding hydrogens is 843 g/mol. The summed E-state index contributed by atoms with van der Waals surface area (Å²) in [4.78, 5) is 90.7. The number of carboxylic acids is 1. The summed E-state index contributed by atoms with van der Waals surface area (Å²) in [5.41, 5.74) is -0.489. The molecule has 0 saturated heterocycles. The molecule has 24 heteroatoms. The van der Waals surface area contributed by atoms with E-state index in [1.165, 1.54) is 28.6 Å². The van der Waals surface area contributed by atoms with E-state index < -0.39 is 81.5 Å². The lowest BCUT2D eigenvalue weighted by atomic mass is 9.81. The summed E-state index contributed by atoms with van der Waals surface area (Å²) in [6.45, 7) is 4.61. The van der Waals surface area contributed by atoms with E-state index in [2.05, 4.69) is 34.5 Å². The molecule has 316 valence electrons. The van der Waals surface area contributed by atoms with Crippen molar-refractivity contribution >= 4 is 75.3 Å². The largest absolute Gasteiger partial charge is 0.481 e. The number of nitro benzene ring substituents is 1. The van der Waals surface area contributed by atoms with Crippen LogP contribution in [0.15, 0.2) is 40.2 Å². The number of aliphatic carboxylic acids is 1. The number of rotatable bonds is 10. The lowest BCUT2D eigenvalue weighted by Gasteiger charge is -2.28. The number of anilines is 1. The molecule has 6 rings (SSSR count). The van der Waals surface area contributed by atoms with Crippen LogP contribution in [0.2, 0.25) is 0 Å². The van der Waals surface area contributed by atoms with Crippen molar-refractivity contribution in [2.24, 2.45) is 16.3 Å². The summed E-state index contributed by atoms with van der Waals surface area (Å²) < 4.78 is 59.3. The number of ether oxygens (including phenoxy) is 1. The van der Waals surface area contributed by atoms with E-state index in [9.17, 15) is 51.5 Å². The Balaban J connectivity index is 0.000000214. The average Bonchev–Trinajstić information content (AvgIpc) is 3.63. The SMILES string of the molecule is C#CCN1C(=O)COc2cc(F)c(N=c3snc4n3CC(C)(C)C4)cc21.CS(=O)(=O)c1ccc(C(=O)C2C(=O)CCCC2=O)c([N+](=O)[O-])c1.O=C(O)CNCP(=O)(O)O. The van der Waals surface area contributed by atoms with Crippen LogP contribution in [-0.2, 0) is 46.5 Å². The number of hydrogen-bond donors (Lipinski definition) is 4. The number of aromatic nitrogens is 2. The number of carbonyl (C=O) groups excluding carboxylic acids is 4. The number of benzene rings is 2. The van der Waals surface area contributed by atoms with Gasteiger partial charge in [-0.1, -0.05) is 19.8 Å². The van der Waals surface area contributed by atoms with Crippen LogP contribution in [0.4, 0.5) is 21.5 Å². The summed E-state index contributed by atoms with van der Waals surface area (Å²) in [6, 6.07) is 5.55. The Morgan fingerprint density at radius 3 is 2.44 bits per heavy atom. The Bertz CT molecular complexity index is 2470. The van der Waals surface area contributed by atoms with E-state index in [4.69, 9.17) is 26.1 Å². The fourth-order valence-electron chi connectivity index (χ4n) is 6.01. The molecule has 0 radical (unpaired) electrons. The molecule has 3 heterocycles. The summed E-state index contributed by atoms with van der Waals surface area (Å²) in [6.07, 6.45) is 6.99. The van der Waals surface area contributed by atoms with E-state index >= 15 is 0 Å². The van der Waals surface area contributed by atoms with Gasteiger partial charge >= 0.3 is 13.6 Å². The van der Waals surface area contributed by atoms with Crippen LogP contribution >= 0.6 is 19.1 Å². The van der Waals surface area contributed by atoms with Gasteiger partial charge in [-0.2, -0.15) is 4.37 Å². The molecule has 20 nitrogen and oxygen atoms in total. The number of ketones is 3. The number of fused-ring (bicyclic) bond motifs is 2. The lowest BCUT2D eigenvalue weighted by Crippen LogP contribution is -2.39. The molecule has 0 unspecified atom stereocenters. The van der Waals surface area contributed by atoms with Crippen molar-refractivity contribution in [2.45, 2.75) is 51.0 Å². The summed E-state index contributed by atoms with van der Waals surface area (Å²) >= 11 is 1.24. The maximum atomic E-state index is 14.5. The third-order valence-electron chi connectivity index (χ3n) is 8.64. The molecule has 0 bridgehead atoms. The Morgan fingerprint density at radius 2 is 1.86 bits per heavy atom. The van der Waals surface area contributed by atoms with Crippen LogP contribution in [0.3, 0.4) is 0 Å². The van der Waals surface area contributed by atoms with Crippen LogP contribution in [0.1, 0.15) is 49.3 Å². The molecule has 3 aliphatic rings. The first-order valence-electron chi connectivity index (χ1n) is 17.3. The van der Waals surface area contributed by atoms with Gasteiger partial charge in [0, 0.05) is 55.7 Å². The fourth-order valence-corrected chi connectivity index (χ4v) is 7.81. The van der Waals surface area contributed by atoms with Crippen LogP contribution in [0.5, 0.6) is 5.75 Å². The highest BCUT2D eigenvalue weighted by Gasteiger charge is 2.39. The van der Waals surface area contributed by atoms with Crippen molar-refractivity contribution in [2.75, 3.05) is 37.1 Å². The maximum absolute atomic E-state index is 14.5. The van der Waals surface area contributed by atoms with Gasteiger partial charge < -0.3 is 24.2 Å². The van der Waals surface area contributed by atoms with Gasteiger partial charge in [-0.25, -0.2) is 17.8 Å². The van der Waals surface area contributed by atoms with Gasteiger partial charge in [0.2, 0.25) is 4.80 Å². The van der Waals surface area contributed by atoms with Crippen molar-refractivity contribution in [1.82, 2.24) is 14.3 Å². The molecular formula is C35H38FN6O14PS2. The molecule has 3 aromatic rings. The first-order chi connectivity index (χ1) is 27.4. The Morgan fingerprint density at radius 1 is 1.20 bits per heavy atom. The molecule has 1 saturated carbocycles. The molecule has 2 aliphatic heterocycles. The molecule has 59 heavy (non-hydrogen) atoms. The number of carboxylic acid groups (broad SMARTS) is 1. The topological polar surface area (TPSA) is 295 Å². The minimum atomic E-state index is -4.10. The number of hydrogen-bond acceptors (Lipinski definition) is 15. The van der Waals surface area contributed by atoms with Gasteiger partial charge in [0.05, 0.1) is 40.4 Å². The number of Topliss-reactive ketones (excluding diaryl/α,β-unsaturated/α-hetero) is 3. The van der Waals surface area contributed by atoms with Crippen molar-refractivity contribution in [3.63, 3.8) is 0 Å². The Labute approximate surface area is 339 Å². The van der Waals surface area contributed by atoms with Crippen LogP contribution in [0, 0.1) is 39.6 Å². The van der Waals surface area contributed by atoms with Crippen molar-refractivity contribution in [3.05, 3.63) is 62.5 Å².